The predicted octanol–water partition coefficient (Wildman–Crippen LogP) is 8.85. The lowest BCUT2D eigenvalue weighted by molar-refractivity contribution is -0.116. The number of carbonyl (C=O) groups is 3. The van der Waals surface area contributed by atoms with E-state index >= 15 is 0 Å². The number of aryl methyl sites for hydroxylation is 3. The monoisotopic (exact) mass is 793 g/mol. The van der Waals surface area contributed by atoms with Gasteiger partial charge >= 0.3 is 0 Å². The summed E-state index contributed by atoms with van der Waals surface area (Å²) in [5.74, 6) is 2.33. The summed E-state index contributed by atoms with van der Waals surface area (Å²) in [6.45, 7) is 2.41. The van der Waals surface area contributed by atoms with Crippen molar-refractivity contribution < 1.29 is 28.6 Å². The molecule has 0 aliphatic carbocycles. The van der Waals surface area contributed by atoms with Crippen LogP contribution in [-0.2, 0) is 43.7 Å². The van der Waals surface area contributed by atoms with Gasteiger partial charge in [-0.25, -0.2) is 0 Å². The molecular weight excluding hydrogens is 747 g/mol. The van der Waals surface area contributed by atoms with E-state index in [-0.39, 0.29) is 43.0 Å². The van der Waals surface area contributed by atoms with Gasteiger partial charge < -0.3 is 29.3 Å². The second kappa shape index (κ2) is 15.9. The fourth-order valence-electron chi connectivity index (χ4n) is 9.20. The van der Waals surface area contributed by atoms with Crippen molar-refractivity contribution in [1.82, 2.24) is 0 Å². The van der Waals surface area contributed by atoms with Gasteiger partial charge in [-0.15, -0.1) is 0 Å². The smallest absolute Gasteiger partial charge is 0.258 e. The minimum absolute atomic E-state index is 0.0132. The van der Waals surface area contributed by atoms with Gasteiger partial charge in [0.1, 0.15) is 19.0 Å². The van der Waals surface area contributed by atoms with Crippen LogP contribution in [0.4, 0.5) is 17.1 Å². The number of methoxy groups -OCH3 is 1. The zero-order chi connectivity index (χ0) is 39.9. The first-order chi connectivity index (χ1) is 28.3. The van der Waals surface area contributed by atoms with Crippen LogP contribution in [0.15, 0.2) is 91.0 Å². The molecule has 0 bridgehead atoms. The minimum atomic E-state index is -0.0893. The highest BCUT2D eigenvalue weighted by Gasteiger charge is 2.39. The number of ether oxygens (including phenoxy) is 3. The largest absolute Gasteiger partial charge is 0.493 e. The van der Waals surface area contributed by atoms with Gasteiger partial charge in [0.05, 0.1) is 7.11 Å². The Bertz CT molecular complexity index is 2450. The van der Waals surface area contributed by atoms with E-state index in [9.17, 15) is 14.4 Å². The summed E-state index contributed by atoms with van der Waals surface area (Å²) in [5, 5.41) is 3.05. The number of hydrogen-bond donors (Lipinski definition) is 2. The van der Waals surface area contributed by atoms with Crippen LogP contribution in [0.25, 0.3) is 0 Å². The lowest BCUT2D eigenvalue weighted by atomic mass is 9.98. The molecule has 5 aromatic rings. The molecular formula is C48H47N3O6S. The summed E-state index contributed by atoms with van der Waals surface area (Å²) in [6.07, 6.45) is 6.03. The van der Waals surface area contributed by atoms with E-state index in [1.54, 1.807) is 7.11 Å². The third kappa shape index (κ3) is 7.19. The SMILES string of the molecule is COc1cc2c(cc1OCc1cc(COc3cc4c(cc3C)C(=O)N3c5ccccc5C[C@H]3CC4)cc(NC(=O)CCCS)c1)CC[C@@H]1Cc3ccccc3N1C2=O. The predicted molar refractivity (Wildman–Crippen MR) is 229 cm³/mol. The van der Waals surface area contributed by atoms with E-state index in [1.807, 2.05) is 95.6 Å². The number of thiol groups is 1. The van der Waals surface area contributed by atoms with Crippen LogP contribution in [0.1, 0.15) is 85.3 Å². The van der Waals surface area contributed by atoms with E-state index in [0.29, 0.717) is 41.3 Å². The fourth-order valence-corrected chi connectivity index (χ4v) is 9.35. The molecule has 0 aromatic heterocycles. The van der Waals surface area contributed by atoms with Gasteiger partial charge in [0.25, 0.3) is 11.8 Å². The van der Waals surface area contributed by atoms with Gasteiger partial charge in [-0.05, 0) is 151 Å². The molecule has 0 radical (unpaired) electrons. The van der Waals surface area contributed by atoms with Crippen LogP contribution in [0.5, 0.6) is 17.2 Å². The molecule has 3 amide bonds. The maximum atomic E-state index is 14.0. The van der Waals surface area contributed by atoms with Gasteiger partial charge in [-0.1, -0.05) is 36.4 Å². The lowest BCUT2D eigenvalue weighted by Crippen LogP contribution is -2.36. The summed E-state index contributed by atoms with van der Waals surface area (Å²) < 4.78 is 18.7. The van der Waals surface area contributed by atoms with Crippen molar-refractivity contribution >= 4 is 47.4 Å². The maximum Gasteiger partial charge on any atom is 0.258 e. The Morgan fingerprint density at radius 2 is 1.26 bits per heavy atom. The first kappa shape index (κ1) is 37.8. The van der Waals surface area contributed by atoms with Crippen LogP contribution >= 0.6 is 12.6 Å². The highest BCUT2D eigenvalue weighted by atomic mass is 32.1. The van der Waals surface area contributed by atoms with Crippen LogP contribution in [-0.4, -0.2) is 42.7 Å². The molecule has 9 rings (SSSR count). The zero-order valence-electron chi connectivity index (χ0n) is 32.9. The molecule has 0 saturated carbocycles. The molecule has 0 spiro atoms. The van der Waals surface area contributed by atoms with Crippen molar-refractivity contribution in [2.24, 2.45) is 0 Å². The molecule has 4 aliphatic rings. The van der Waals surface area contributed by atoms with E-state index in [4.69, 9.17) is 14.2 Å². The molecule has 0 saturated heterocycles. The number of anilines is 3. The molecule has 9 nitrogen and oxygen atoms in total. The van der Waals surface area contributed by atoms with Crippen molar-refractivity contribution in [2.75, 3.05) is 28.0 Å². The lowest BCUT2D eigenvalue weighted by Gasteiger charge is -2.23. The average molecular weight is 794 g/mol. The number of carbonyl (C=O) groups excluding carboxylic acids is 3. The number of nitrogens with one attached hydrogen (secondary N) is 1. The number of rotatable bonds is 11. The molecule has 296 valence electrons. The van der Waals surface area contributed by atoms with Gasteiger partial charge in [0.15, 0.2) is 11.5 Å². The van der Waals surface area contributed by atoms with Crippen molar-refractivity contribution in [3.05, 3.63) is 141 Å². The summed E-state index contributed by atoms with van der Waals surface area (Å²) in [6, 6.07) is 30.2. The number of fused-ring (bicyclic) bond motifs is 8. The molecule has 4 aliphatic heterocycles. The van der Waals surface area contributed by atoms with Crippen LogP contribution < -0.4 is 29.3 Å². The Morgan fingerprint density at radius 1 is 0.707 bits per heavy atom. The highest BCUT2D eigenvalue weighted by Crippen LogP contribution is 2.42. The quantitative estimate of drug-likeness (QED) is 0.130. The van der Waals surface area contributed by atoms with Crippen LogP contribution in [0, 0.1) is 6.92 Å². The number of para-hydroxylation sites is 2. The molecule has 1 N–H and O–H groups in total. The van der Waals surface area contributed by atoms with Gasteiger partial charge in [-0.3, -0.25) is 14.4 Å². The number of amides is 3. The second-order valence-corrected chi connectivity index (χ2v) is 16.3. The Morgan fingerprint density at radius 3 is 1.84 bits per heavy atom. The van der Waals surface area contributed by atoms with Gasteiger partial charge in [-0.2, -0.15) is 12.6 Å². The van der Waals surface area contributed by atoms with Crippen LogP contribution in [0.2, 0.25) is 0 Å². The van der Waals surface area contributed by atoms with Crippen molar-refractivity contribution in [3.63, 3.8) is 0 Å². The van der Waals surface area contributed by atoms with Crippen LogP contribution in [0.3, 0.4) is 0 Å². The van der Waals surface area contributed by atoms with E-state index < -0.39 is 0 Å². The van der Waals surface area contributed by atoms with Gasteiger partial charge in [0, 0.05) is 46.7 Å². The average Bonchev–Trinajstić information content (AvgIpc) is 3.72. The first-order valence-corrected chi connectivity index (χ1v) is 20.9. The third-order valence-corrected chi connectivity index (χ3v) is 12.3. The van der Waals surface area contributed by atoms with E-state index in [1.165, 1.54) is 11.1 Å². The molecule has 0 unspecified atom stereocenters. The third-order valence-electron chi connectivity index (χ3n) is 12.0. The molecule has 0 fully saturated rings. The zero-order valence-corrected chi connectivity index (χ0v) is 33.8. The number of nitrogens with zero attached hydrogens (tertiary/aromatic N) is 2. The summed E-state index contributed by atoms with van der Waals surface area (Å²) >= 11 is 4.28. The van der Waals surface area contributed by atoms with Crippen molar-refractivity contribution in [1.29, 1.82) is 0 Å². The molecule has 5 aromatic carbocycles. The van der Waals surface area contributed by atoms with Gasteiger partial charge in [0.2, 0.25) is 5.91 Å². The normalized spacial score (nSPS) is 17.6. The topological polar surface area (TPSA) is 97.4 Å². The molecule has 10 heteroatoms. The molecule has 58 heavy (non-hydrogen) atoms. The Kier molecular flexibility index (Phi) is 10.4. The number of hydrogen-bond acceptors (Lipinski definition) is 7. The van der Waals surface area contributed by atoms with E-state index in [2.05, 4.69) is 30.1 Å². The Hall–Kier alpha value is -5.74. The highest BCUT2D eigenvalue weighted by molar-refractivity contribution is 7.80. The number of benzene rings is 5. The van der Waals surface area contributed by atoms with E-state index in [0.717, 1.165) is 89.0 Å². The summed E-state index contributed by atoms with van der Waals surface area (Å²) in [5.41, 5.74) is 11.0. The van der Waals surface area contributed by atoms with Crippen molar-refractivity contribution in [3.8, 4) is 17.2 Å². The van der Waals surface area contributed by atoms with Crippen molar-refractivity contribution in [2.45, 2.75) is 83.6 Å². The Labute approximate surface area is 344 Å². The Balaban J connectivity index is 0.948. The standard InChI is InChI=1S/C48H47N3O6S/c1-29-18-39-32(13-15-37-22-34-8-3-5-10-41(34)50(37)47(39)53)24-43(29)56-27-30-19-31(21-36(20-30)49-46(52)12-7-17-58)28-57-45-25-33-14-16-38-23-35-9-4-6-11-42(35)51(38)48(54)40(33)26-44(45)55-2/h3-6,8-11,18-21,24-26,37-38,58H,7,12-17,22-23,27-28H2,1-2H3,(H,49,52)/t37-,38-/m1/s1. The summed E-state index contributed by atoms with van der Waals surface area (Å²) in [7, 11) is 1.59. The molecule has 2 atom stereocenters. The maximum absolute atomic E-state index is 14.0. The first-order valence-electron chi connectivity index (χ1n) is 20.2. The summed E-state index contributed by atoms with van der Waals surface area (Å²) in [4.78, 5) is 44.7. The minimum Gasteiger partial charge on any atom is -0.493 e. The fraction of sp³-hybridized carbons (Fsp3) is 0.312. The molecule has 4 heterocycles. The second-order valence-electron chi connectivity index (χ2n) is 15.8.